The Labute approximate surface area is 121 Å². The Morgan fingerprint density at radius 1 is 1.19 bits per heavy atom. The van der Waals surface area contributed by atoms with E-state index in [1.807, 2.05) is 6.92 Å². The Balaban J connectivity index is 2.48. The van der Waals surface area contributed by atoms with Gasteiger partial charge in [0.1, 0.15) is 5.69 Å². The molecule has 0 amide bonds. The number of aryl methyl sites for hydroxylation is 1. The number of nitrogens with one attached hydrogen (secondary N) is 1. The minimum absolute atomic E-state index is 0.0817. The van der Waals surface area contributed by atoms with Gasteiger partial charge in [0.15, 0.2) is 5.69 Å². The zero-order valence-electron chi connectivity index (χ0n) is 12.0. The van der Waals surface area contributed by atoms with Gasteiger partial charge >= 0.3 is 11.9 Å². The van der Waals surface area contributed by atoms with Crippen LogP contribution in [0.1, 0.15) is 33.3 Å². The molecule has 7 heteroatoms. The van der Waals surface area contributed by atoms with Crippen molar-refractivity contribution in [3.8, 4) is 11.3 Å². The van der Waals surface area contributed by atoms with Crippen molar-refractivity contribution in [1.82, 2.24) is 15.4 Å². The van der Waals surface area contributed by atoms with E-state index in [1.54, 1.807) is 25.1 Å². The molecule has 0 radical (unpaired) electrons. The van der Waals surface area contributed by atoms with Gasteiger partial charge in [0.25, 0.3) is 0 Å². The van der Waals surface area contributed by atoms with Crippen molar-refractivity contribution in [3.05, 3.63) is 35.0 Å². The van der Waals surface area contributed by atoms with Crippen LogP contribution in [0.3, 0.4) is 0 Å². The summed E-state index contributed by atoms with van der Waals surface area (Å²) in [5, 5.41) is 10.2. The van der Waals surface area contributed by atoms with Crippen molar-refractivity contribution in [2.75, 3.05) is 13.7 Å². The molecule has 0 fully saturated rings. The normalized spacial score (nSPS) is 10.2. The molecule has 1 aromatic carbocycles. The fourth-order valence-corrected chi connectivity index (χ4v) is 1.93. The van der Waals surface area contributed by atoms with Crippen molar-refractivity contribution in [2.24, 2.45) is 0 Å². The van der Waals surface area contributed by atoms with E-state index < -0.39 is 11.9 Å². The minimum Gasteiger partial charge on any atom is -0.465 e. The lowest BCUT2D eigenvalue weighted by molar-refractivity contribution is 0.0519. The second-order valence-electron chi connectivity index (χ2n) is 4.32. The Bertz CT molecular complexity index is 679. The molecule has 0 spiro atoms. The van der Waals surface area contributed by atoms with Gasteiger partial charge in [-0.2, -0.15) is 10.3 Å². The van der Waals surface area contributed by atoms with Crippen LogP contribution in [-0.2, 0) is 9.47 Å². The zero-order valence-corrected chi connectivity index (χ0v) is 12.0. The van der Waals surface area contributed by atoms with Crippen LogP contribution < -0.4 is 0 Å². The summed E-state index contributed by atoms with van der Waals surface area (Å²) in [5.74, 6) is -1.02. The number of hydrogen-bond donors (Lipinski definition) is 1. The summed E-state index contributed by atoms with van der Waals surface area (Å²) in [6.45, 7) is 3.78. The molecule has 7 nitrogen and oxygen atoms in total. The number of aromatic nitrogens is 3. The quantitative estimate of drug-likeness (QED) is 0.862. The first-order valence-corrected chi connectivity index (χ1v) is 6.35. The summed E-state index contributed by atoms with van der Waals surface area (Å²) in [7, 11) is 1.31. The summed E-state index contributed by atoms with van der Waals surface area (Å²) < 4.78 is 9.63. The Hall–Kier alpha value is -2.70. The van der Waals surface area contributed by atoms with Gasteiger partial charge in [-0.15, -0.1) is 5.10 Å². The number of ether oxygens (including phenoxy) is 2. The monoisotopic (exact) mass is 289 g/mol. The van der Waals surface area contributed by atoms with E-state index in [0.29, 0.717) is 16.8 Å². The molecule has 1 N–H and O–H groups in total. The van der Waals surface area contributed by atoms with E-state index in [4.69, 9.17) is 9.47 Å². The van der Waals surface area contributed by atoms with Crippen LogP contribution in [0.2, 0.25) is 0 Å². The number of nitrogens with zero attached hydrogens (tertiary/aromatic N) is 2. The molecule has 0 unspecified atom stereocenters. The number of hydrogen-bond acceptors (Lipinski definition) is 6. The molecule has 2 aromatic rings. The lowest BCUT2D eigenvalue weighted by atomic mass is 10.0. The van der Waals surface area contributed by atoms with Gasteiger partial charge in [-0.3, -0.25) is 0 Å². The van der Waals surface area contributed by atoms with E-state index in [-0.39, 0.29) is 12.3 Å². The van der Waals surface area contributed by atoms with Gasteiger partial charge in [-0.1, -0.05) is 0 Å². The van der Waals surface area contributed by atoms with Crippen LogP contribution in [0, 0.1) is 6.92 Å². The maximum atomic E-state index is 11.8. The van der Waals surface area contributed by atoms with E-state index in [2.05, 4.69) is 15.4 Å². The predicted octanol–water partition coefficient (Wildman–Crippen LogP) is 1.74. The van der Waals surface area contributed by atoms with Crippen molar-refractivity contribution in [1.29, 1.82) is 0 Å². The average molecular weight is 289 g/mol. The standard InChI is InChI=1S/C14H15N3O4/c1-4-21-14(19)12-11(15-17-16-12)9-5-8(2)6-10(7-9)13(18)20-3/h5-7H,4H2,1-3H3,(H,15,16,17). The molecule has 0 aliphatic heterocycles. The van der Waals surface area contributed by atoms with Gasteiger partial charge in [0, 0.05) is 5.56 Å². The Kier molecular flexibility index (Phi) is 4.32. The van der Waals surface area contributed by atoms with Crippen molar-refractivity contribution in [3.63, 3.8) is 0 Å². The third-order valence-corrected chi connectivity index (χ3v) is 2.79. The molecule has 110 valence electrons. The Morgan fingerprint density at radius 2 is 1.95 bits per heavy atom. The number of H-pyrrole nitrogens is 1. The van der Waals surface area contributed by atoms with Crippen LogP contribution in [0.15, 0.2) is 18.2 Å². The smallest absolute Gasteiger partial charge is 0.361 e. The van der Waals surface area contributed by atoms with Gasteiger partial charge in [0.05, 0.1) is 19.3 Å². The molecule has 0 saturated carbocycles. The molecular weight excluding hydrogens is 274 g/mol. The summed E-state index contributed by atoms with van der Waals surface area (Å²) in [5.41, 5.74) is 2.23. The first kappa shape index (κ1) is 14.7. The molecule has 2 rings (SSSR count). The van der Waals surface area contributed by atoms with Crippen molar-refractivity contribution >= 4 is 11.9 Å². The number of rotatable bonds is 4. The summed E-state index contributed by atoms with van der Waals surface area (Å²) in [4.78, 5) is 23.5. The highest BCUT2D eigenvalue weighted by Gasteiger charge is 2.20. The van der Waals surface area contributed by atoms with E-state index in [1.165, 1.54) is 7.11 Å². The number of benzene rings is 1. The molecule has 0 saturated heterocycles. The second-order valence-corrected chi connectivity index (χ2v) is 4.32. The lowest BCUT2D eigenvalue weighted by Crippen LogP contribution is -2.07. The second kappa shape index (κ2) is 6.17. The molecule has 0 atom stereocenters. The molecule has 0 aliphatic carbocycles. The van der Waals surface area contributed by atoms with Gasteiger partial charge in [-0.25, -0.2) is 9.59 Å². The van der Waals surface area contributed by atoms with Crippen LogP contribution in [0.5, 0.6) is 0 Å². The third-order valence-electron chi connectivity index (χ3n) is 2.79. The van der Waals surface area contributed by atoms with Crippen molar-refractivity contribution < 1.29 is 19.1 Å². The minimum atomic E-state index is -0.567. The maximum Gasteiger partial charge on any atom is 0.361 e. The predicted molar refractivity (Wildman–Crippen MR) is 73.9 cm³/mol. The number of methoxy groups -OCH3 is 1. The molecule has 0 aliphatic rings. The van der Waals surface area contributed by atoms with Crippen LogP contribution in [0.4, 0.5) is 0 Å². The zero-order chi connectivity index (χ0) is 15.4. The lowest BCUT2D eigenvalue weighted by Gasteiger charge is -2.05. The summed E-state index contributed by atoms with van der Waals surface area (Å²) in [6.07, 6.45) is 0. The van der Waals surface area contributed by atoms with Gasteiger partial charge < -0.3 is 9.47 Å². The molecule has 1 heterocycles. The highest BCUT2D eigenvalue weighted by Crippen LogP contribution is 2.23. The summed E-state index contributed by atoms with van der Waals surface area (Å²) in [6, 6.07) is 5.09. The van der Waals surface area contributed by atoms with Gasteiger partial charge in [0.2, 0.25) is 0 Å². The number of carbonyl (C=O) groups excluding carboxylic acids is 2. The van der Waals surface area contributed by atoms with Crippen molar-refractivity contribution in [2.45, 2.75) is 13.8 Å². The number of carbonyl (C=O) groups is 2. The molecular formula is C14H15N3O4. The van der Waals surface area contributed by atoms with E-state index in [0.717, 1.165) is 5.56 Å². The van der Waals surface area contributed by atoms with Crippen LogP contribution in [0.25, 0.3) is 11.3 Å². The third kappa shape index (κ3) is 3.07. The fraction of sp³-hybridized carbons (Fsp3) is 0.286. The molecule has 1 aromatic heterocycles. The van der Waals surface area contributed by atoms with Crippen LogP contribution in [-0.4, -0.2) is 41.1 Å². The topological polar surface area (TPSA) is 94.2 Å². The summed E-state index contributed by atoms with van der Waals surface area (Å²) >= 11 is 0. The molecule has 21 heavy (non-hydrogen) atoms. The van der Waals surface area contributed by atoms with Gasteiger partial charge in [-0.05, 0) is 37.6 Å². The first-order chi connectivity index (χ1) is 10.1. The first-order valence-electron chi connectivity index (χ1n) is 6.35. The number of aromatic amines is 1. The largest absolute Gasteiger partial charge is 0.465 e. The van der Waals surface area contributed by atoms with E-state index in [9.17, 15) is 9.59 Å². The highest BCUT2D eigenvalue weighted by atomic mass is 16.5. The highest BCUT2D eigenvalue weighted by molar-refractivity contribution is 5.96. The fourth-order valence-electron chi connectivity index (χ4n) is 1.93. The average Bonchev–Trinajstić information content (AvgIpc) is 2.95. The molecule has 0 bridgehead atoms. The maximum absolute atomic E-state index is 11.8. The number of esters is 2. The van der Waals surface area contributed by atoms with E-state index >= 15 is 0 Å². The van der Waals surface area contributed by atoms with Crippen LogP contribution >= 0.6 is 0 Å². The Morgan fingerprint density at radius 3 is 2.62 bits per heavy atom. The SMILES string of the molecule is CCOC(=O)c1n[nH]nc1-c1cc(C)cc(C(=O)OC)c1.